The molecule has 0 saturated carbocycles. The zero-order chi connectivity index (χ0) is 18.6. The number of para-hydroxylation sites is 1. The number of hydrogen-bond acceptors (Lipinski definition) is 4. The lowest BCUT2D eigenvalue weighted by Crippen LogP contribution is -2.14. The Hall–Kier alpha value is -2.59. The molecule has 0 fully saturated rings. The van der Waals surface area contributed by atoms with Gasteiger partial charge in [-0.1, -0.05) is 46.9 Å². The Morgan fingerprint density at radius 2 is 1.80 bits per heavy atom. The van der Waals surface area contributed by atoms with E-state index in [9.17, 15) is 20.2 Å². The molecule has 25 heavy (non-hydrogen) atoms. The molecule has 0 aliphatic rings. The van der Waals surface area contributed by atoms with Crippen molar-refractivity contribution in [3.8, 4) is 6.07 Å². The summed E-state index contributed by atoms with van der Waals surface area (Å²) in [6.45, 7) is 0. The van der Waals surface area contributed by atoms with Crippen LogP contribution < -0.4 is 5.32 Å². The number of nitro benzene ring substituents is 1. The van der Waals surface area contributed by atoms with Crippen molar-refractivity contribution in [2.75, 3.05) is 5.32 Å². The van der Waals surface area contributed by atoms with Crippen LogP contribution >= 0.6 is 34.8 Å². The van der Waals surface area contributed by atoms with Gasteiger partial charge in [0, 0.05) is 6.07 Å². The third kappa shape index (κ3) is 4.48. The molecule has 0 atom stereocenters. The molecule has 9 heteroatoms. The molecular formula is C16H8Cl3N3O3. The van der Waals surface area contributed by atoms with Crippen molar-refractivity contribution in [3.63, 3.8) is 0 Å². The number of nitro groups is 1. The average molecular weight is 397 g/mol. The first-order chi connectivity index (χ1) is 11.8. The standard InChI is InChI=1S/C16H8Cl3N3O3/c17-11-5-4-9(7-14(11)22(24)25)6-10(8-20)16(23)21-15-12(18)2-1-3-13(15)19/h1-7H,(H,21,23)/b10-6+. The second-order valence-electron chi connectivity index (χ2n) is 4.69. The summed E-state index contributed by atoms with van der Waals surface area (Å²) < 4.78 is 0. The molecule has 0 radical (unpaired) electrons. The maximum absolute atomic E-state index is 12.3. The van der Waals surface area contributed by atoms with E-state index in [1.165, 1.54) is 30.3 Å². The van der Waals surface area contributed by atoms with E-state index >= 15 is 0 Å². The smallest absolute Gasteiger partial charge is 0.288 e. The second-order valence-corrected chi connectivity index (χ2v) is 5.91. The van der Waals surface area contributed by atoms with Crippen molar-refractivity contribution in [2.45, 2.75) is 0 Å². The molecule has 0 aliphatic carbocycles. The van der Waals surface area contributed by atoms with Crippen LogP contribution in [0.5, 0.6) is 0 Å². The number of hydrogen-bond donors (Lipinski definition) is 1. The maximum atomic E-state index is 12.3. The van der Waals surface area contributed by atoms with E-state index < -0.39 is 10.8 Å². The van der Waals surface area contributed by atoms with Gasteiger partial charge in [0.15, 0.2) is 0 Å². The van der Waals surface area contributed by atoms with Crippen molar-refractivity contribution in [2.24, 2.45) is 0 Å². The highest BCUT2D eigenvalue weighted by molar-refractivity contribution is 6.40. The van der Waals surface area contributed by atoms with Crippen LogP contribution in [0.3, 0.4) is 0 Å². The minimum absolute atomic E-state index is 0.0482. The van der Waals surface area contributed by atoms with Gasteiger partial charge in [-0.2, -0.15) is 5.26 Å². The van der Waals surface area contributed by atoms with Crippen LogP contribution in [0.1, 0.15) is 5.56 Å². The predicted octanol–water partition coefficient (Wildman–Crippen LogP) is 5.10. The number of carbonyl (C=O) groups is 1. The molecule has 126 valence electrons. The van der Waals surface area contributed by atoms with Gasteiger partial charge in [-0.15, -0.1) is 0 Å². The molecule has 0 aromatic heterocycles. The lowest BCUT2D eigenvalue weighted by Gasteiger charge is -2.08. The highest BCUT2D eigenvalue weighted by atomic mass is 35.5. The van der Waals surface area contributed by atoms with Crippen LogP contribution in [0.4, 0.5) is 11.4 Å². The largest absolute Gasteiger partial charge is 0.319 e. The molecule has 1 amide bonds. The van der Waals surface area contributed by atoms with E-state index in [-0.39, 0.29) is 37.6 Å². The molecule has 2 aromatic rings. The lowest BCUT2D eigenvalue weighted by atomic mass is 10.1. The molecule has 6 nitrogen and oxygen atoms in total. The van der Waals surface area contributed by atoms with Gasteiger partial charge in [0.05, 0.1) is 20.7 Å². The number of benzene rings is 2. The van der Waals surface area contributed by atoms with Crippen molar-refractivity contribution < 1.29 is 9.72 Å². The minimum atomic E-state index is -0.755. The molecule has 1 N–H and O–H groups in total. The second kappa shape index (κ2) is 7.99. The molecular weight excluding hydrogens is 389 g/mol. The minimum Gasteiger partial charge on any atom is -0.319 e. The monoisotopic (exact) mass is 395 g/mol. The Morgan fingerprint density at radius 1 is 1.16 bits per heavy atom. The van der Waals surface area contributed by atoms with Gasteiger partial charge in [-0.3, -0.25) is 14.9 Å². The molecule has 0 bridgehead atoms. The zero-order valence-corrected chi connectivity index (χ0v) is 14.6. The number of halogens is 3. The number of nitriles is 1. The Kier molecular flexibility index (Phi) is 5.99. The Morgan fingerprint density at radius 3 is 2.36 bits per heavy atom. The summed E-state index contributed by atoms with van der Waals surface area (Å²) >= 11 is 17.7. The third-order valence-electron chi connectivity index (χ3n) is 3.04. The van der Waals surface area contributed by atoms with E-state index in [1.54, 1.807) is 12.1 Å². The van der Waals surface area contributed by atoms with Crippen molar-refractivity contribution in [3.05, 3.63) is 72.7 Å². The Bertz CT molecular complexity index is 916. The van der Waals surface area contributed by atoms with Crippen LogP contribution in [-0.2, 0) is 4.79 Å². The van der Waals surface area contributed by atoms with Crippen LogP contribution in [0.15, 0.2) is 42.0 Å². The van der Waals surface area contributed by atoms with Crippen LogP contribution in [0.2, 0.25) is 15.1 Å². The van der Waals surface area contributed by atoms with Crippen LogP contribution in [-0.4, -0.2) is 10.8 Å². The number of nitrogens with zero attached hydrogens (tertiary/aromatic N) is 2. The summed E-state index contributed by atoms with van der Waals surface area (Å²) in [6.07, 6.45) is 1.20. The third-order valence-corrected chi connectivity index (χ3v) is 3.99. The number of anilines is 1. The average Bonchev–Trinajstić information content (AvgIpc) is 2.57. The lowest BCUT2D eigenvalue weighted by molar-refractivity contribution is -0.384. The molecule has 0 saturated heterocycles. The number of nitrogens with one attached hydrogen (secondary N) is 1. The van der Waals surface area contributed by atoms with Crippen LogP contribution in [0, 0.1) is 21.4 Å². The first-order valence-corrected chi connectivity index (χ1v) is 7.78. The quantitative estimate of drug-likeness (QED) is 0.336. The van der Waals surface area contributed by atoms with Gasteiger partial charge >= 0.3 is 0 Å². The van der Waals surface area contributed by atoms with Gasteiger partial charge in [-0.25, -0.2) is 0 Å². The van der Waals surface area contributed by atoms with Crippen molar-refractivity contribution >= 4 is 58.2 Å². The van der Waals surface area contributed by atoms with E-state index in [1.807, 2.05) is 0 Å². The number of rotatable bonds is 4. The van der Waals surface area contributed by atoms with Gasteiger partial charge in [-0.05, 0) is 29.8 Å². The van der Waals surface area contributed by atoms with Gasteiger partial charge in [0.25, 0.3) is 11.6 Å². The molecule has 0 aliphatic heterocycles. The highest BCUT2D eigenvalue weighted by Crippen LogP contribution is 2.30. The Balaban J connectivity index is 2.35. The first kappa shape index (κ1) is 18.7. The predicted molar refractivity (Wildman–Crippen MR) is 96.8 cm³/mol. The number of amides is 1. The van der Waals surface area contributed by atoms with Crippen LogP contribution in [0.25, 0.3) is 6.08 Å². The number of carbonyl (C=O) groups excluding carboxylic acids is 1. The van der Waals surface area contributed by atoms with E-state index in [0.29, 0.717) is 0 Å². The summed E-state index contributed by atoms with van der Waals surface area (Å²) in [7, 11) is 0. The normalized spacial score (nSPS) is 10.9. The fraction of sp³-hybridized carbons (Fsp3) is 0. The maximum Gasteiger partial charge on any atom is 0.288 e. The fourth-order valence-corrected chi connectivity index (χ4v) is 2.55. The topological polar surface area (TPSA) is 96.0 Å². The van der Waals surface area contributed by atoms with E-state index in [2.05, 4.69) is 5.32 Å². The van der Waals surface area contributed by atoms with Crippen molar-refractivity contribution in [1.29, 1.82) is 5.26 Å². The summed E-state index contributed by atoms with van der Waals surface area (Å²) in [4.78, 5) is 22.5. The first-order valence-electron chi connectivity index (χ1n) is 6.64. The molecule has 0 heterocycles. The summed E-state index contributed by atoms with van der Waals surface area (Å²) in [5.74, 6) is -0.755. The van der Waals surface area contributed by atoms with E-state index in [0.717, 1.165) is 6.07 Å². The molecule has 0 unspecified atom stereocenters. The Labute approximate surface area is 157 Å². The van der Waals surface area contributed by atoms with Crippen molar-refractivity contribution in [1.82, 2.24) is 0 Å². The molecule has 0 spiro atoms. The van der Waals surface area contributed by atoms with Gasteiger partial charge in [0.1, 0.15) is 16.7 Å². The SMILES string of the molecule is N#C/C(=C\c1ccc(Cl)c([N+](=O)[O-])c1)C(=O)Nc1c(Cl)cccc1Cl. The van der Waals surface area contributed by atoms with Gasteiger partial charge < -0.3 is 5.32 Å². The summed E-state index contributed by atoms with van der Waals surface area (Å²) in [6, 6.07) is 10.3. The fourth-order valence-electron chi connectivity index (χ4n) is 1.87. The summed E-state index contributed by atoms with van der Waals surface area (Å²) in [5.41, 5.74) is -0.179. The summed E-state index contributed by atoms with van der Waals surface area (Å²) in [5, 5.41) is 22.9. The molecule has 2 aromatic carbocycles. The highest BCUT2D eigenvalue weighted by Gasteiger charge is 2.16. The van der Waals surface area contributed by atoms with Gasteiger partial charge in [0.2, 0.25) is 0 Å². The molecule has 2 rings (SSSR count). The van der Waals surface area contributed by atoms with E-state index in [4.69, 9.17) is 34.8 Å². The zero-order valence-electron chi connectivity index (χ0n) is 12.3.